The van der Waals surface area contributed by atoms with Crippen LogP contribution in [0.2, 0.25) is 0 Å². The number of amides is 1. The van der Waals surface area contributed by atoms with Crippen molar-refractivity contribution in [3.8, 4) is 0 Å². The van der Waals surface area contributed by atoms with Crippen LogP contribution in [0.25, 0.3) is 10.9 Å². The van der Waals surface area contributed by atoms with Gasteiger partial charge in [0.15, 0.2) is 0 Å². The third kappa shape index (κ3) is 5.16. The maximum absolute atomic E-state index is 13.0. The van der Waals surface area contributed by atoms with Crippen LogP contribution in [0.4, 0.5) is 23.0 Å². The molecule has 3 atom stereocenters. The number of piperidine rings is 1. The lowest BCUT2D eigenvalue weighted by molar-refractivity contribution is -0.124. The van der Waals surface area contributed by atoms with Gasteiger partial charge in [0.1, 0.15) is 24.0 Å². The molecule has 2 aliphatic rings. The summed E-state index contributed by atoms with van der Waals surface area (Å²) in [7, 11) is 2.15. The molecule has 2 saturated heterocycles. The lowest BCUT2D eigenvalue weighted by Crippen LogP contribution is -2.53. The van der Waals surface area contributed by atoms with Crippen molar-refractivity contribution in [3.63, 3.8) is 0 Å². The molecule has 0 spiro atoms. The first kappa shape index (κ1) is 26.0. The maximum atomic E-state index is 13.0. The van der Waals surface area contributed by atoms with E-state index in [9.17, 15) is 4.79 Å². The average molecular weight is 537 g/mol. The van der Waals surface area contributed by atoms with Crippen molar-refractivity contribution in [3.05, 3.63) is 78.2 Å². The molecule has 2 aromatic carbocycles. The first-order valence-corrected chi connectivity index (χ1v) is 14.0. The first-order chi connectivity index (χ1) is 19.5. The number of para-hydroxylation sites is 1. The molecule has 4 aromatic rings. The van der Waals surface area contributed by atoms with Gasteiger partial charge in [-0.3, -0.25) is 4.79 Å². The van der Waals surface area contributed by atoms with Crippen LogP contribution in [0.3, 0.4) is 0 Å². The summed E-state index contributed by atoms with van der Waals surface area (Å²) in [5.74, 6) is 1.70. The van der Waals surface area contributed by atoms with Gasteiger partial charge in [-0.15, -0.1) is 0 Å². The maximum Gasteiger partial charge on any atom is 0.242 e. The number of carbonyl (C=O) groups excluding carboxylic acids is 1. The summed E-state index contributed by atoms with van der Waals surface area (Å²) in [4.78, 5) is 31.3. The third-order valence-electron chi connectivity index (χ3n) is 8.43. The van der Waals surface area contributed by atoms with Crippen LogP contribution >= 0.6 is 0 Å². The molecule has 40 heavy (non-hydrogen) atoms. The molecular weight excluding hydrogens is 500 g/mol. The molecule has 1 amide bonds. The third-order valence-corrected chi connectivity index (χ3v) is 8.43. The van der Waals surface area contributed by atoms with E-state index in [1.165, 1.54) is 5.56 Å². The smallest absolute Gasteiger partial charge is 0.242 e. The number of anilines is 4. The average Bonchev–Trinajstić information content (AvgIpc) is 2.98. The number of piperazine rings is 1. The Morgan fingerprint density at radius 3 is 2.58 bits per heavy atom. The highest BCUT2D eigenvalue weighted by molar-refractivity contribution is 5.91. The molecule has 3 N–H and O–H groups in total. The Balaban J connectivity index is 1.19. The highest BCUT2D eigenvalue weighted by Crippen LogP contribution is 2.36. The number of nitrogens with zero attached hydrogens (tertiary/aromatic N) is 5. The fourth-order valence-corrected chi connectivity index (χ4v) is 5.87. The molecule has 206 valence electrons. The monoisotopic (exact) mass is 536 g/mol. The molecule has 2 aliphatic heterocycles. The van der Waals surface area contributed by atoms with Gasteiger partial charge in [-0.05, 0) is 61.3 Å². The van der Waals surface area contributed by atoms with Crippen molar-refractivity contribution < 1.29 is 4.79 Å². The Morgan fingerprint density at radius 2 is 1.77 bits per heavy atom. The molecule has 4 heterocycles. The van der Waals surface area contributed by atoms with Crippen molar-refractivity contribution in [2.24, 2.45) is 5.92 Å². The van der Waals surface area contributed by atoms with Crippen molar-refractivity contribution in [1.82, 2.24) is 25.2 Å². The number of benzene rings is 2. The van der Waals surface area contributed by atoms with E-state index in [2.05, 4.69) is 85.9 Å². The summed E-state index contributed by atoms with van der Waals surface area (Å²) >= 11 is 0. The summed E-state index contributed by atoms with van der Waals surface area (Å²) in [5.41, 5.74) is 5.37. The van der Waals surface area contributed by atoms with E-state index in [1.807, 2.05) is 36.5 Å². The van der Waals surface area contributed by atoms with Crippen LogP contribution in [-0.4, -0.2) is 71.6 Å². The summed E-state index contributed by atoms with van der Waals surface area (Å²) in [6, 6.07) is 18.0. The zero-order valence-corrected chi connectivity index (χ0v) is 23.3. The van der Waals surface area contributed by atoms with Gasteiger partial charge in [-0.2, -0.15) is 0 Å². The molecule has 9 heteroatoms. The quantitative estimate of drug-likeness (QED) is 0.338. The summed E-state index contributed by atoms with van der Waals surface area (Å²) in [5, 5.41) is 11.1. The van der Waals surface area contributed by atoms with Crippen molar-refractivity contribution in [2.45, 2.75) is 25.8 Å². The van der Waals surface area contributed by atoms with Crippen molar-refractivity contribution >= 4 is 39.8 Å². The lowest BCUT2D eigenvalue weighted by atomic mass is 9.77. The van der Waals surface area contributed by atoms with Gasteiger partial charge in [0.05, 0.1) is 17.4 Å². The summed E-state index contributed by atoms with van der Waals surface area (Å²) < 4.78 is 0. The number of hydrogen-bond acceptors (Lipinski definition) is 8. The number of nitrogens with one attached hydrogen (secondary N) is 3. The van der Waals surface area contributed by atoms with E-state index in [-0.39, 0.29) is 23.8 Å². The Labute approximate surface area is 235 Å². The van der Waals surface area contributed by atoms with Crippen LogP contribution in [-0.2, 0) is 4.79 Å². The Kier molecular flexibility index (Phi) is 7.21. The minimum absolute atomic E-state index is 0.00748. The van der Waals surface area contributed by atoms with Gasteiger partial charge >= 0.3 is 0 Å². The predicted molar refractivity (Wildman–Crippen MR) is 160 cm³/mol. The van der Waals surface area contributed by atoms with Crippen LogP contribution in [0.1, 0.15) is 24.0 Å². The molecule has 3 unspecified atom stereocenters. The number of hydrogen-bond donors (Lipinski definition) is 3. The molecule has 0 saturated carbocycles. The van der Waals surface area contributed by atoms with E-state index >= 15 is 0 Å². The summed E-state index contributed by atoms with van der Waals surface area (Å²) in [6.07, 6.45) is 3.50. The normalized spacial score (nSPS) is 21.7. The van der Waals surface area contributed by atoms with E-state index in [1.54, 1.807) is 6.33 Å². The molecule has 0 aliphatic carbocycles. The minimum Gasteiger partial charge on any atom is -0.368 e. The van der Waals surface area contributed by atoms with Gasteiger partial charge in [-0.1, -0.05) is 31.2 Å². The lowest BCUT2D eigenvalue weighted by Gasteiger charge is -2.37. The number of carbonyl (C=O) groups is 1. The first-order valence-electron chi connectivity index (χ1n) is 14.0. The van der Waals surface area contributed by atoms with Crippen LogP contribution in [0, 0.1) is 12.8 Å². The predicted octanol–water partition coefficient (Wildman–Crippen LogP) is 4.16. The molecule has 0 radical (unpaired) electrons. The van der Waals surface area contributed by atoms with Crippen LogP contribution < -0.4 is 20.9 Å². The number of likely N-dealkylation sites (N-methyl/N-ethyl adjacent to an activating group) is 1. The molecule has 6 rings (SSSR count). The fraction of sp³-hybridized carbons (Fsp3) is 0.355. The van der Waals surface area contributed by atoms with Crippen LogP contribution in [0.15, 0.2) is 67.1 Å². The number of aromatic nitrogens is 3. The minimum atomic E-state index is -0.387. The fourth-order valence-electron chi connectivity index (χ4n) is 5.87. The molecule has 9 nitrogen and oxygen atoms in total. The SMILES string of the molecule is Cc1c(Nc2ncnc3ccccc23)cccc1C1CNC(=O)C(Nc2ccc(N3CCN(C)CC3)cn2)C1C. The van der Waals surface area contributed by atoms with Gasteiger partial charge in [0.2, 0.25) is 5.91 Å². The van der Waals surface area contributed by atoms with E-state index in [4.69, 9.17) is 0 Å². The largest absolute Gasteiger partial charge is 0.368 e. The van der Waals surface area contributed by atoms with Gasteiger partial charge < -0.3 is 25.8 Å². The second kappa shape index (κ2) is 11.1. The van der Waals surface area contributed by atoms with E-state index < -0.39 is 0 Å². The molecule has 0 bridgehead atoms. The van der Waals surface area contributed by atoms with Gasteiger partial charge in [0, 0.05) is 49.7 Å². The van der Waals surface area contributed by atoms with Gasteiger partial charge in [0.25, 0.3) is 0 Å². The molecular formula is C31H36N8O. The number of rotatable bonds is 6. The van der Waals surface area contributed by atoms with Crippen LogP contribution in [0.5, 0.6) is 0 Å². The van der Waals surface area contributed by atoms with Crippen molar-refractivity contribution in [2.75, 3.05) is 55.3 Å². The number of pyridine rings is 1. The number of fused-ring (bicyclic) bond motifs is 1. The summed E-state index contributed by atoms with van der Waals surface area (Å²) in [6.45, 7) is 8.96. The Bertz CT molecular complexity index is 1490. The van der Waals surface area contributed by atoms with E-state index in [0.29, 0.717) is 12.4 Å². The Hall–Kier alpha value is -4.24. The van der Waals surface area contributed by atoms with E-state index in [0.717, 1.165) is 59.8 Å². The zero-order valence-electron chi connectivity index (χ0n) is 23.3. The second-order valence-corrected chi connectivity index (χ2v) is 10.9. The topological polar surface area (TPSA) is 98.3 Å². The molecule has 2 aromatic heterocycles. The standard InChI is InChI=1S/C31H36N8O/c1-20-23(8-6-10-26(20)36-30-24-7-4-5-9-27(24)34-19-35-30)25-18-33-31(40)29(21(25)2)37-28-12-11-22(17-32-28)39-15-13-38(3)14-16-39/h4-12,17,19,21,25,29H,13-16,18H2,1-3H3,(H,32,37)(H,33,40)(H,34,35,36). The van der Waals surface area contributed by atoms with Gasteiger partial charge in [-0.25, -0.2) is 15.0 Å². The highest BCUT2D eigenvalue weighted by Gasteiger charge is 2.37. The van der Waals surface area contributed by atoms with Crippen molar-refractivity contribution in [1.29, 1.82) is 0 Å². The highest BCUT2D eigenvalue weighted by atomic mass is 16.2. The zero-order chi connectivity index (χ0) is 27.6. The molecule has 2 fully saturated rings. The Morgan fingerprint density at radius 1 is 0.950 bits per heavy atom. The second-order valence-electron chi connectivity index (χ2n) is 10.9.